The molecule has 0 spiro atoms. The smallest absolute Gasteiger partial charge is 0.338 e. The minimum atomic E-state index is -1.05. The number of aromatic carboxylic acids is 1. The van der Waals surface area contributed by atoms with Gasteiger partial charge in [0, 0.05) is 10.0 Å². The van der Waals surface area contributed by atoms with Crippen molar-refractivity contribution in [1.29, 1.82) is 0 Å². The van der Waals surface area contributed by atoms with E-state index in [1.54, 1.807) is 29.6 Å². The fraction of sp³-hybridized carbons (Fsp3) is 0. The Hall–Kier alpha value is -1.66. The molecule has 0 fully saturated rings. The zero-order chi connectivity index (χ0) is 13.1. The lowest BCUT2D eigenvalue weighted by molar-refractivity contribution is 0.0698. The van der Waals surface area contributed by atoms with E-state index in [0.29, 0.717) is 10.6 Å². The zero-order valence-corrected chi connectivity index (χ0v) is 11.4. The lowest BCUT2D eigenvalue weighted by Crippen LogP contribution is -2.12. The van der Waals surface area contributed by atoms with Crippen LogP contribution in [0, 0.1) is 0 Å². The van der Waals surface area contributed by atoms with Gasteiger partial charge in [0.2, 0.25) is 0 Å². The molecule has 4 nitrogen and oxygen atoms in total. The van der Waals surface area contributed by atoms with E-state index in [1.165, 1.54) is 17.4 Å². The first-order chi connectivity index (χ1) is 8.58. The summed E-state index contributed by atoms with van der Waals surface area (Å²) in [5.41, 5.74) is 0.577. The number of benzene rings is 1. The van der Waals surface area contributed by atoms with Crippen molar-refractivity contribution in [2.45, 2.75) is 0 Å². The third-order valence-electron chi connectivity index (χ3n) is 2.23. The van der Waals surface area contributed by atoms with E-state index >= 15 is 0 Å². The number of amides is 1. The first-order valence-corrected chi connectivity index (χ1v) is 6.63. The molecule has 0 saturated carbocycles. The van der Waals surface area contributed by atoms with Crippen LogP contribution < -0.4 is 5.32 Å². The summed E-state index contributed by atoms with van der Waals surface area (Å²) >= 11 is 4.46. The van der Waals surface area contributed by atoms with E-state index in [0.717, 1.165) is 4.47 Å². The molecular weight excluding hydrogens is 318 g/mol. The highest BCUT2D eigenvalue weighted by atomic mass is 79.9. The van der Waals surface area contributed by atoms with Crippen molar-refractivity contribution in [2.75, 3.05) is 5.32 Å². The lowest BCUT2D eigenvalue weighted by Gasteiger charge is -2.04. The van der Waals surface area contributed by atoms with Crippen molar-refractivity contribution >= 4 is 44.1 Å². The van der Waals surface area contributed by atoms with Crippen LogP contribution in [0.4, 0.5) is 5.00 Å². The van der Waals surface area contributed by atoms with E-state index in [-0.39, 0.29) is 11.5 Å². The number of anilines is 1. The third kappa shape index (κ3) is 2.77. The Morgan fingerprint density at radius 2 is 1.83 bits per heavy atom. The maximum atomic E-state index is 11.9. The second kappa shape index (κ2) is 5.32. The van der Waals surface area contributed by atoms with Crippen LogP contribution in [0.2, 0.25) is 0 Å². The van der Waals surface area contributed by atoms with Gasteiger partial charge in [-0.1, -0.05) is 15.9 Å². The summed E-state index contributed by atoms with van der Waals surface area (Å²) < 4.78 is 0.876. The number of nitrogens with one attached hydrogen (secondary N) is 1. The molecule has 2 aromatic rings. The first-order valence-electron chi connectivity index (χ1n) is 4.95. The number of thiophene rings is 1. The maximum absolute atomic E-state index is 11.9. The van der Waals surface area contributed by atoms with E-state index in [2.05, 4.69) is 21.2 Å². The second-order valence-corrected chi connectivity index (χ2v) is 5.26. The summed E-state index contributed by atoms with van der Waals surface area (Å²) in [6.07, 6.45) is 0. The molecule has 2 N–H and O–H groups in total. The fourth-order valence-electron chi connectivity index (χ4n) is 1.35. The number of carbonyl (C=O) groups is 2. The van der Waals surface area contributed by atoms with Gasteiger partial charge in [-0.2, -0.15) is 0 Å². The lowest BCUT2D eigenvalue weighted by atomic mass is 10.2. The molecule has 0 aliphatic heterocycles. The van der Waals surface area contributed by atoms with Crippen molar-refractivity contribution in [3.8, 4) is 0 Å². The number of rotatable bonds is 3. The van der Waals surface area contributed by atoms with Gasteiger partial charge in [-0.25, -0.2) is 4.79 Å². The van der Waals surface area contributed by atoms with E-state index in [1.807, 2.05) is 0 Å². The van der Waals surface area contributed by atoms with Crippen molar-refractivity contribution in [2.24, 2.45) is 0 Å². The molecule has 2 rings (SSSR count). The summed E-state index contributed by atoms with van der Waals surface area (Å²) in [5.74, 6) is -1.38. The number of hydrogen-bond acceptors (Lipinski definition) is 3. The van der Waals surface area contributed by atoms with Crippen molar-refractivity contribution in [3.05, 3.63) is 51.3 Å². The Kier molecular flexibility index (Phi) is 3.78. The standard InChI is InChI=1S/C12H8BrNO3S/c13-8-3-1-7(2-4-8)10(15)14-11-9(12(16)17)5-6-18-11/h1-6H,(H,14,15)(H,16,17). The van der Waals surface area contributed by atoms with Gasteiger partial charge in [0.15, 0.2) is 0 Å². The molecule has 0 aliphatic rings. The van der Waals surface area contributed by atoms with Crippen molar-refractivity contribution in [3.63, 3.8) is 0 Å². The van der Waals surface area contributed by atoms with Crippen LogP contribution >= 0.6 is 27.3 Å². The molecule has 1 aromatic carbocycles. The van der Waals surface area contributed by atoms with Crippen LogP contribution in [0.1, 0.15) is 20.7 Å². The van der Waals surface area contributed by atoms with Gasteiger partial charge in [0.1, 0.15) is 5.00 Å². The Balaban J connectivity index is 2.19. The monoisotopic (exact) mass is 325 g/mol. The Bertz CT molecular complexity index is 592. The van der Waals surface area contributed by atoms with Crippen molar-refractivity contribution < 1.29 is 14.7 Å². The molecule has 18 heavy (non-hydrogen) atoms. The van der Waals surface area contributed by atoms with E-state index < -0.39 is 5.97 Å². The third-order valence-corrected chi connectivity index (χ3v) is 3.59. The molecule has 0 saturated heterocycles. The summed E-state index contributed by atoms with van der Waals surface area (Å²) in [6.45, 7) is 0. The molecule has 92 valence electrons. The number of carboxylic acids is 1. The second-order valence-electron chi connectivity index (χ2n) is 3.43. The molecule has 0 bridgehead atoms. The molecular formula is C12H8BrNO3S. The van der Waals surface area contributed by atoms with E-state index in [4.69, 9.17) is 5.11 Å². The summed E-state index contributed by atoms with van der Waals surface area (Å²) in [6, 6.07) is 8.29. The predicted molar refractivity (Wildman–Crippen MR) is 73.4 cm³/mol. The van der Waals surface area contributed by atoms with Gasteiger partial charge in [-0.05, 0) is 35.7 Å². The van der Waals surface area contributed by atoms with Gasteiger partial charge in [-0.15, -0.1) is 11.3 Å². The van der Waals surface area contributed by atoms with Crippen LogP contribution in [0.5, 0.6) is 0 Å². The van der Waals surface area contributed by atoms with Crippen LogP contribution in [0.3, 0.4) is 0 Å². The molecule has 0 aliphatic carbocycles. The van der Waals surface area contributed by atoms with Crippen LogP contribution in [-0.2, 0) is 0 Å². The van der Waals surface area contributed by atoms with Crippen LogP contribution in [-0.4, -0.2) is 17.0 Å². The summed E-state index contributed by atoms with van der Waals surface area (Å²) in [5, 5.41) is 13.5. The average Bonchev–Trinajstić information content (AvgIpc) is 2.78. The molecule has 0 radical (unpaired) electrons. The Labute approximate surface area is 115 Å². The average molecular weight is 326 g/mol. The van der Waals surface area contributed by atoms with Crippen LogP contribution in [0.25, 0.3) is 0 Å². The molecule has 0 atom stereocenters. The van der Waals surface area contributed by atoms with Gasteiger partial charge in [0.25, 0.3) is 5.91 Å². The Morgan fingerprint density at radius 3 is 2.44 bits per heavy atom. The molecule has 1 aromatic heterocycles. The summed E-state index contributed by atoms with van der Waals surface area (Å²) in [7, 11) is 0. The SMILES string of the molecule is O=C(Nc1sccc1C(=O)O)c1ccc(Br)cc1. The number of halogens is 1. The fourth-order valence-corrected chi connectivity index (χ4v) is 2.39. The minimum Gasteiger partial charge on any atom is -0.478 e. The minimum absolute atomic E-state index is 0.102. The maximum Gasteiger partial charge on any atom is 0.338 e. The predicted octanol–water partition coefficient (Wildman–Crippen LogP) is 3.46. The van der Waals surface area contributed by atoms with Crippen LogP contribution in [0.15, 0.2) is 40.2 Å². The first kappa shape index (κ1) is 12.8. The Morgan fingerprint density at radius 1 is 1.17 bits per heavy atom. The zero-order valence-electron chi connectivity index (χ0n) is 9.01. The topological polar surface area (TPSA) is 66.4 Å². The summed E-state index contributed by atoms with van der Waals surface area (Å²) in [4.78, 5) is 22.8. The highest BCUT2D eigenvalue weighted by molar-refractivity contribution is 9.10. The van der Waals surface area contributed by atoms with E-state index in [9.17, 15) is 9.59 Å². The van der Waals surface area contributed by atoms with Gasteiger partial charge < -0.3 is 10.4 Å². The molecule has 1 heterocycles. The quantitative estimate of drug-likeness (QED) is 0.908. The molecule has 0 unspecified atom stereocenters. The highest BCUT2D eigenvalue weighted by Crippen LogP contribution is 2.24. The van der Waals surface area contributed by atoms with Gasteiger partial charge in [-0.3, -0.25) is 4.79 Å². The highest BCUT2D eigenvalue weighted by Gasteiger charge is 2.14. The van der Waals surface area contributed by atoms with Gasteiger partial charge in [0.05, 0.1) is 5.56 Å². The number of hydrogen-bond donors (Lipinski definition) is 2. The van der Waals surface area contributed by atoms with Crippen molar-refractivity contribution in [1.82, 2.24) is 0 Å². The number of carbonyl (C=O) groups excluding carboxylic acids is 1. The van der Waals surface area contributed by atoms with Gasteiger partial charge >= 0.3 is 5.97 Å². The normalized spacial score (nSPS) is 10.1. The molecule has 1 amide bonds. The number of carboxylic acid groups (broad SMARTS) is 1. The molecule has 6 heteroatoms. The largest absolute Gasteiger partial charge is 0.478 e.